The van der Waals surface area contributed by atoms with E-state index < -0.39 is 4.92 Å². The average molecular weight is 242 g/mol. The number of halogens is 1. The van der Waals surface area contributed by atoms with Crippen LogP contribution in [0.3, 0.4) is 0 Å². The van der Waals surface area contributed by atoms with Gasteiger partial charge in [0.2, 0.25) is 5.65 Å². The minimum absolute atomic E-state index is 0.0394. The molecule has 2 heterocycles. The normalized spacial score (nSPS) is 10.5. The van der Waals surface area contributed by atoms with Crippen molar-refractivity contribution in [3.05, 3.63) is 39.1 Å². The van der Waals surface area contributed by atoms with E-state index in [1.165, 1.54) is 10.6 Å². The molecule has 0 amide bonds. The molecule has 2 aromatic heterocycles. The number of hydrogen-bond donors (Lipinski definition) is 0. The third-order valence-electron chi connectivity index (χ3n) is 1.65. The van der Waals surface area contributed by atoms with Crippen LogP contribution in [-0.4, -0.2) is 14.3 Å². The van der Waals surface area contributed by atoms with Crippen LogP contribution < -0.4 is 0 Å². The zero-order valence-electron chi connectivity index (χ0n) is 6.35. The Morgan fingerprint density at radius 2 is 2.31 bits per heavy atom. The van der Waals surface area contributed by atoms with Gasteiger partial charge in [-0.25, -0.2) is 4.98 Å². The van der Waals surface area contributed by atoms with E-state index in [4.69, 9.17) is 0 Å². The van der Waals surface area contributed by atoms with Crippen molar-refractivity contribution in [1.82, 2.24) is 9.38 Å². The molecule has 0 saturated heterocycles. The molecule has 0 aliphatic rings. The van der Waals surface area contributed by atoms with E-state index >= 15 is 0 Å². The maximum Gasteiger partial charge on any atom is 0.348 e. The van der Waals surface area contributed by atoms with Crippen molar-refractivity contribution in [3.63, 3.8) is 0 Å². The fourth-order valence-electron chi connectivity index (χ4n) is 1.11. The molecule has 5 nitrogen and oxygen atoms in total. The van der Waals surface area contributed by atoms with Gasteiger partial charge < -0.3 is 10.1 Å². The standard InChI is InChI=1S/C7H4BrN3O2/c8-5-2-1-3-6-9-4-7(10(5)6)11(12)13/h1-4H. The summed E-state index contributed by atoms with van der Waals surface area (Å²) in [7, 11) is 0. The maximum atomic E-state index is 10.6. The highest BCUT2D eigenvalue weighted by atomic mass is 79.9. The molecule has 0 aliphatic carbocycles. The van der Waals surface area contributed by atoms with Crippen molar-refractivity contribution in [1.29, 1.82) is 0 Å². The number of nitrogens with zero attached hydrogens (tertiary/aromatic N) is 3. The Hall–Kier alpha value is -1.43. The van der Waals surface area contributed by atoms with Gasteiger partial charge in [0, 0.05) is 6.07 Å². The lowest BCUT2D eigenvalue weighted by molar-refractivity contribution is -0.390. The van der Waals surface area contributed by atoms with Crippen molar-refractivity contribution in [3.8, 4) is 0 Å². The SMILES string of the molecule is O=[N+]([O-])c1cnc2cccc(Br)n12. The molecule has 13 heavy (non-hydrogen) atoms. The smallest absolute Gasteiger partial charge is 0.348 e. The number of nitro groups is 1. The van der Waals surface area contributed by atoms with E-state index in [2.05, 4.69) is 20.9 Å². The van der Waals surface area contributed by atoms with Crippen LogP contribution in [-0.2, 0) is 0 Å². The van der Waals surface area contributed by atoms with Crippen LogP contribution in [0.5, 0.6) is 0 Å². The van der Waals surface area contributed by atoms with Gasteiger partial charge in [0.05, 0.1) is 0 Å². The van der Waals surface area contributed by atoms with E-state index in [0.29, 0.717) is 10.3 Å². The minimum Gasteiger partial charge on any atom is -0.358 e. The second kappa shape index (κ2) is 2.81. The van der Waals surface area contributed by atoms with Crippen LogP contribution in [0.1, 0.15) is 0 Å². The van der Waals surface area contributed by atoms with Gasteiger partial charge in [0.15, 0.2) is 4.60 Å². The molecule has 0 saturated carbocycles. The van der Waals surface area contributed by atoms with Gasteiger partial charge in [-0.05, 0) is 26.9 Å². The van der Waals surface area contributed by atoms with Crippen LogP contribution in [0.4, 0.5) is 5.82 Å². The van der Waals surface area contributed by atoms with E-state index in [0.717, 1.165) is 0 Å². The lowest BCUT2D eigenvalue weighted by atomic mass is 10.5. The number of aromatic nitrogens is 2. The first kappa shape index (κ1) is 8.18. The molecule has 2 rings (SSSR count). The van der Waals surface area contributed by atoms with E-state index in [9.17, 15) is 10.1 Å². The number of hydrogen-bond acceptors (Lipinski definition) is 3. The zero-order chi connectivity index (χ0) is 9.42. The highest BCUT2D eigenvalue weighted by molar-refractivity contribution is 9.10. The Labute approximate surface area is 81.3 Å². The summed E-state index contributed by atoms with van der Waals surface area (Å²) < 4.78 is 2.05. The third kappa shape index (κ3) is 1.19. The summed E-state index contributed by atoms with van der Waals surface area (Å²) in [4.78, 5) is 14.0. The summed E-state index contributed by atoms with van der Waals surface area (Å²) in [6.07, 6.45) is 1.24. The summed E-state index contributed by atoms with van der Waals surface area (Å²) in [6.45, 7) is 0. The summed E-state index contributed by atoms with van der Waals surface area (Å²) in [6, 6.07) is 5.20. The summed E-state index contributed by atoms with van der Waals surface area (Å²) in [5, 5.41) is 10.6. The van der Waals surface area contributed by atoms with Crippen LogP contribution in [0.25, 0.3) is 5.65 Å². The first-order chi connectivity index (χ1) is 6.20. The summed E-state index contributed by atoms with van der Waals surface area (Å²) in [5.74, 6) is -0.0394. The van der Waals surface area contributed by atoms with E-state index in [1.54, 1.807) is 18.2 Å². The first-order valence-electron chi connectivity index (χ1n) is 3.46. The highest BCUT2D eigenvalue weighted by Crippen LogP contribution is 2.20. The van der Waals surface area contributed by atoms with Crippen LogP contribution in [0.2, 0.25) is 0 Å². The predicted octanol–water partition coefficient (Wildman–Crippen LogP) is 2.00. The minimum atomic E-state index is -0.467. The quantitative estimate of drug-likeness (QED) is 0.436. The van der Waals surface area contributed by atoms with Gasteiger partial charge in [-0.15, -0.1) is 0 Å². The van der Waals surface area contributed by atoms with Gasteiger partial charge in [0.1, 0.15) is 6.20 Å². The van der Waals surface area contributed by atoms with Crippen LogP contribution in [0, 0.1) is 10.1 Å². The Bertz CT molecular complexity index is 480. The molecule has 0 N–H and O–H groups in total. The zero-order valence-corrected chi connectivity index (χ0v) is 7.93. The summed E-state index contributed by atoms with van der Waals surface area (Å²) in [5.41, 5.74) is 0.557. The predicted molar refractivity (Wildman–Crippen MR) is 49.5 cm³/mol. The number of pyridine rings is 1. The second-order valence-electron chi connectivity index (χ2n) is 2.42. The Balaban J connectivity index is 2.86. The molecule has 0 aliphatic heterocycles. The number of rotatable bonds is 1. The molecule has 0 radical (unpaired) electrons. The molecular weight excluding hydrogens is 238 g/mol. The Kier molecular flexibility index (Phi) is 1.77. The fraction of sp³-hybridized carbons (Fsp3) is 0. The van der Waals surface area contributed by atoms with Gasteiger partial charge in [-0.2, -0.15) is 4.40 Å². The molecule has 2 aromatic rings. The molecule has 6 heteroatoms. The van der Waals surface area contributed by atoms with Crippen LogP contribution >= 0.6 is 15.9 Å². The Morgan fingerprint density at radius 1 is 1.54 bits per heavy atom. The summed E-state index contributed by atoms with van der Waals surface area (Å²) >= 11 is 3.21. The van der Waals surface area contributed by atoms with Gasteiger partial charge in [-0.1, -0.05) is 6.07 Å². The Morgan fingerprint density at radius 3 is 3.00 bits per heavy atom. The molecule has 0 bridgehead atoms. The van der Waals surface area contributed by atoms with E-state index in [-0.39, 0.29) is 5.82 Å². The fourth-order valence-corrected chi connectivity index (χ4v) is 1.63. The van der Waals surface area contributed by atoms with Crippen molar-refractivity contribution < 1.29 is 4.92 Å². The molecule has 0 fully saturated rings. The molecule has 0 aromatic carbocycles. The maximum absolute atomic E-state index is 10.6. The first-order valence-corrected chi connectivity index (χ1v) is 4.26. The molecule has 0 atom stereocenters. The van der Waals surface area contributed by atoms with Crippen molar-refractivity contribution in [2.24, 2.45) is 0 Å². The number of fused-ring (bicyclic) bond motifs is 1. The largest absolute Gasteiger partial charge is 0.358 e. The third-order valence-corrected chi connectivity index (χ3v) is 2.27. The average Bonchev–Trinajstić information content (AvgIpc) is 2.49. The molecular formula is C7H4BrN3O2. The lowest BCUT2D eigenvalue weighted by Crippen LogP contribution is -1.94. The van der Waals surface area contributed by atoms with Crippen molar-refractivity contribution in [2.45, 2.75) is 0 Å². The molecule has 0 spiro atoms. The van der Waals surface area contributed by atoms with Crippen LogP contribution in [0.15, 0.2) is 29.0 Å². The molecule has 0 unspecified atom stereocenters. The second-order valence-corrected chi connectivity index (χ2v) is 3.23. The monoisotopic (exact) mass is 241 g/mol. The van der Waals surface area contributed by atoms with Crippen molar-refractivity contribution in [2.75, 3.05) is 0 Å². The number of imidazole rings is 1. The van der Waals surface area contributed by atoms with Gasteiger partial charge in [0.25, 0.3) is 0 Å². The lowest BCUT2D eigenvalue weighted by Gasteiger charge is -1.94. The van der Waals surface area contributed by atoms with E-state index in [1.807, 2.05) is 0 Å². The molecule has 66 valence electrons. The highest BCUT2D eigenvalue weighted by Gasteiger charge is 2.15. The topological polar surface area (TPSA) is 60.4 Å². The van der Waals surface area contributed by atoms with Gasteiger partial charge >= 0.3 is 5.82 Å². The van der Waals surface area contributed by atoms with Gasteiger partial charge in [-0.3, -0.25) is 0 Å². The van der Waals surface area contributed by atoms with Crippen molar-refractivity contribution >= 4 is 27.4 Å².